The van der Waals surface area contributed by atoms with E-state index < -0.39 is 21.7 Å². The molecule has 0 fully saturated rings. The number of carboxylic acid groups (broad SMARTS) is 1. The molecule has 0 amide bonds. The van der Waals surface area contributed by atoms with Crippen LogP contribution in [0.25, 0.3) is 0 Å². The third-order valence-electron chi connectivity index (χ3n) is 2.48. The van der Waals surface area contributed by atoms with Gasteiger partial charge in [0.1, 0.15) is 24.9 Å². The number of hydrogen-bond donors (Lipinski definition) is 3. The molecule has 0 aliphatic carbocycles. The van der Waals surface area contributed by atoms with Gasteiger partial charge in [-0.2, -0.15) is 0 Å². The molecule has 2 aromatic rings. The topological polar surface area (TPSA) is 104 Å². The molecule has 6 nitrogen and oxygen atoms in total. The largest absolute Gasteiger partial charge is 0.507 e. The van der Waals surface area contributed by atoms with E-state index in [0.717, 1.165) is 23.5 Å². The van der Waals surface area contributed by atoms with E-state index in [2.05, 4.69) is 4.72 Å². The summed E-state index contributed by atoms with van der Waals surface area (Å²) in [5.74, 6) is -1.93. The fraction of sp³-hybridized carbons (Fsp3) is 0. The fourth-order valence-electron chi connectivity index (χ4n) is 1.55. The van der Waals surface area contributed by atoms with E-state index in [4.69, 9.17) is 39.9 Å². The van der Waals surface area contributed by atoms with E-state index in [9.17, 15) is 18.3 Å². The van der Waals surface area contributed by atoms with Gasteiger partial charge in [0.25, 0.3) is 10.0 Å². The number of nitrogens with one attached hydrogen (secondary N) is 1. The smallest absolute Gasteiger partial charge is 0.339 e. The van der Waals surface area contributed by atoms with E-state index in [1.807, 2.05) is 0 Å². The van der Waals surface area contributed by atoms with Crippen LogP contribution in [-0.2, 0) is 10.0 Å². The maximum Gasteiger partial charge on any atom is 0.339 e. The van der Waals surface area contributed by atoms with Gasteiger partial charge in [-0.25, -0.2) is 13.2 Å². The Hall–Kier alpha value is -1.19. The highest BCUT2D eigenvalue weighted by molar-refractivity contribution is 7.93. The van der Waals surface area contributed by atoms with Gasteiger partial charge in [0.2, 0.25) is 0 Å². The first-order chi connectivity index (χ1) is 10.1. The molecule has 0 aliphatic rings. The number of anilines is 1. The Morgan fingerprint density at radius 3 is 2.27 bits per heavy atom. The second-order valence-corrected chi connectivity index (χ2v) is 8.16. The quantitative estimate of drug-likeness (QED) is 0.719. The minimum absolute atomic E-state index is 0.0242. The predicted octanol–water partition coefficient (Wildman–Crippen LogP) is 3.91. The highest BCUT2D eigenvalue weighted by Crippen LogP contribution is 2.43. The Balaban J connectivity index is 2.41. The number of sulfonamides is 1. The van der Waals surface area contributed by atoms with Crippen molar-refractivity contribution < 1.29 is 23.4 Å². The van der Waals surface area contributed by atoms with Gasteiger partial charge in [0.05, 0.1) is 10.7 Å². The lowest BCUT2D eigenvalue weighted by atomic mass is 10.2. The highest BCUT2D eigenvalue weighted by atomic mass is 35.5. The van der Waals surface area contributed by atoms with Crippen molar-refractivity contribution in [1.82, 2.24) is 0 Å². The molecule has 0 saturated carbocycles. The molecule has 118 valence electrons. The number of carbonyl (C=O) groups is 1. The molecule has 1 aromatic heterocycles. The Kier molecular flexibility index (Phi) is 4.78. The van der Waals surface area contributed by atoms with Crippen LogP contribution in [0, 0.1) is 0 Å². The van der Waals surface area contributed by atoms with Crippen LogP contribution in [0.15, 0.2) is 23.1 Å². The minimum atomic E-state index is -4.15. The van der Waals surface area contributed by atoms with Gasteiger partial charge < -0.3 is 10.2 Å². The predicted molar refractivity (Wildman–Crippen MR) is 85.2 cm³/mol. The molecular formula is C11H6Cl3NO5S2. The average Bonchev–Trinajstić information content (AvgIpc) is 2.62. The van der Waals surface area contributed by atoms with Crippen molar-refractivity contribution in [1.29, 1.82) is 0 Å². The molecule has 1 aromatic carbocycles. The van der Waals surface area contributed by atoms with Crippen LogP contribution in [-0.4, -0.2) is 24.6 Å². The first-order valence-corrected chi connectivity index (χ1v) is 8.79. The van der Waals surface area contributed by atoms with Crippen molar-refractivity contribution in [3.8, 4) is 5.75 Å². The Bertz CT molecular complexity index is 863. The number of halogens is 3. The molecule has 11 heteroatoms. The van der Waals surface area contributed by atoms with Crippen LogP contribution in [0.5, 0.6) is 5.75 Å². The van der Waals surface area contributed by atoms with Crippen LogP contribution in [0.2, 0.25) is 13.7 Å². The molecule has 0 saturated heterocycles. The zero-order chi connectivity index (χ0) is 16.7. The molecule has 0 spiro atoms. The normalized spacial score (nSPS) is 11.4. The van der Waals surface area contributed by atoms with Crippen molar-refractivity contribution in [3.05, 3.63) is 37.5 Å². The van der Waals surface area contributed by atoms with Gasteiger partial charge in [-0.3, -0.25) is 4.72 Å². The zero-order valence-electron chi connectivity index (χ0n) is 10.3. The Morgan fingerprint density at radius 2 is 1.82 bits per heavy atom. The van der Waals surface area contributed by atoms with Crippen LogP contribution in [0.1, 0.15) is 10.4 Å². The second-order valence-electron chi connectivity index (χ2n) is 3.94. The molecule has 0 bridgehead atoms. The lowest BCUT2D eigenvalue weighted by Gasteiger charge is -2.09. The molecule has 1 heterocycles. The van der Waals surface area contributed by atoms with Crippen molar-refractivity contribution in [2.24, 2.45) is 0 Å². The molecular weight excluding hydrogens is 397 g/mol. The summed E-state index contributed by atoms with van der Waals surface area (Å²) >= 11 is 18.1. The number of aromatic carboxylic acids is 1. The van der Waals surface area contributed by atoms with E-state index in [0.29, 0.717) is 0 Å². The lowest BCUT2D eigenvalue weighted by Crippen LogP contribution is -2.13. The molecule has 3 N–H and O–H groups in total. The molecule has 22 heavy (non-hydrogen) atoms. The van der Waals surface area contributed by atoms with Gasteiger partial charge in [-0.05, 0) is 12.1 Å². The zero-order valence-corrected chi connectivity index (χ0v) is 14.2. The maximum atomic E-state index is 12.3. The summed E-state index contributed by atoms with van der Waals surface area (Å²) < 4.78 is 26.6. The summed E-state index contributed by atoms with van der Waals surface area (Å²) in [6.45, 7) is 0. The van der Waals surface area contributed by atoms with E-state index >= 15 is 0 Å². The number of hydrogen-bond acceptors (Lipinski definition) is 5. The number of aromatic hydroxyl groups is 1. The first-order valence-electron chi connectivity index (χ1n) is 5.36. The molecule has 0 atom stereocenters. The summed E-state index contributed by atoms with van der Waals surface area (Å²) in [5.41, 5.74) is -0.422. The van der Waals surface area contributed by atoms with Crippen molar-refractivity contribution in [3.63, 3.8) is 0 Å². The number of thiophene rings is 1. The molecule has 0 unspecified atom stereocenters. The fourth-order valence-corrected chi connectivity index (χ4v) is 5.45. The van der Waals surface area contributed by atoms with Crippen molar-refractivity contribution in [2.45, 2.75) is 4.90 Å². The van der Waals surface area contributed by atoms with Gasteiger partial charge >= 0.3 is 5.97 Å². The van der Waals surface area contributed by atoms with E-state index in [1.165, 1.54) is 6.07 Å². The van der Waals surface area contributed by atoms with E-state index in [-0.39, 0.29) is 29.8 Å². The monoisotopic (exact) mass is 401 g/mol. The SMILES string of the molecule is O=C(O)c1ccc(NS(=O)(=O)c2c(Cl)sc(Cl)c2Cl)cc1O. The number of rotatable bonds is 4. The number of benzene rings is 1. The lowest BCUT2D eigenvalue weighted by molar-refractivity contribution is 0.0694. The standard InChI is InChI=1S/C11H6Cl3NO5S2/c12-7-8(10(14)21-9(7)13)22(19,20)15-4-1-2-5(11(17)18)6(16)3-4/h1-3,15-16H,(H,17,18). The summed E-state index contributed by atoms with van der Waals surface area (Å²) in [6.07, 6.45) is 0. The average molecular weight is 403 g/mol. The van der Waals surface area contributed by atoms with Crippen LogP contribution >= 0.6 is 46.1 Å². The number of phenols is 1. The Labute approximate surface area is 143 Å². The second kappa shape index (κ2) is 6.13. The van der Waals surface area contributed by atoms with Crippen molar-refractivity contribution >= 4 is 67.8 Å². The molecule has 0 aliphatic heterocycles. The van der Waals surface area contributed by atoms with Crippen LogP contribution in [0.3, 0.4) is 0 Å². The van der Waals surface area contributed by atoms with Gasteiger partial charge in [0, 0.05) is 6.07 Å². The maximum absolute atomic E-state index is 12.3. The van der Waals surface area contributed by atoms with Gasteiger partial charge in [-0.15, -0.1) is 11.3 Å². The number of carboxylic acids is 1. The third kappa shape index (κ3) is 3.26. The molecule has 2 rings (SSSR count). The summed E-state index contributed by atoms with van der Waals surface area (Å²) in [7, 11) is -4.15. The third-order valence-corrected chi connectivity index (χ3v) is 6.48. The highest BCUT2D eigenvalue weighted by Gasteiger charge is 2.27. The van der Waals surface area contributed by atoms with Crippen LogP contribution < -0.4 is 4.72 Å². The first kappa shape index (κ1) is 17.2. The van der Waals surface area contributed by atoms with Crippen molar-refractivity contribution in [2.75, 3.05) is 4.72 Å². The van der Waals surface area contributed by atoms with Crippen LogP contribution in [0.4, 0.5) is 5.69 Å². The van der Waals surface area contributed by atoms with E-state index in [1.54, 1.807) is 0 Å². The molecule has 0 radical (unpaired) electrons. The minimum Gasteiger partial charge on any atom is -0.507 e. The Morgan fingerprint density at radius 1 is 1.18 bits per heavy atom. The van der Waals surface area contributed by atoms with Gasteiger partial charge in [0.15, 0.2) is 0 Å². The summed E-state index contributed by atoms with van der Waals surface area (Å²) in [4.78, 5) is 10.4. The summed E-state index contributed by atoms with van der Waals surface area (Å²) in [6, 6.07) is 3.19. The summed E-state index contributed by atoms with van der Waals surface area (Å²) in [5, 5.41) is 18.1. The van der Waals surface area contributed by atoms with Gasteiger partial charge in [-0.1, -0.05) is 34.8 Å².